The second-order valence-corrected chi connectivity index (χ2v) is 3.27. The van der Waals surface area contributed by atoms with Crippen LogP contribution in [0.1, 0.15) is 18.0 Å². The predicted octanol–water partition coefficient (Wildman–Crippen LogP) is 2.62. The van der Waals surface area contributed by atoms with E-state index in [4.69, 9.17) is 17.3 Å². The van der Waals surface area contributed by atoms with Crippen LogP contribution in [0.4, 0.5) is 0 Å². The molecule has 1 aromatic rings. The third-order valence-corrected chi connectivity index (χ3v) is 2.05. The number of aromatic hydroxyl groups is 1. The lowest BCUT2D eigenvalue weighted by atomic mass is 10.0. The largest absolute Gasteiger partial charge is 0.508 e. The van der Waals surface area contributed by atoms with E-state index in [1.54, 1.807) is 18.2 Å². The van der Waals surface area contributed by atoms with E-state index < -0.39 is 0 Å². The molecule has 0 aromatic heterocycles. The molecule has 0 unspecified atom stereocenters. The van der Waals surface area contributed by atoms with E-state index in [9.17, 15) is 5.11 Å². The van der Waals surface area contributed by atoms with Gasteiger partial charge in [-0.3, -0.25) is 0 Å². The minimum atomic E-state index is -0.213. The highest BCUT2D eigenvalue weighted by Gasteiger charge is 2.08. The first-order chi connectivity index (χ1) is 6.15. The monoisotopic (exact) mass is 197 g/mol. The number of hydrogen-bond acceptors (Lipinski definition) is 2. The van der Waals surface area contributed by atoms with Gasteiger partial charge in [-0.15, -0.1) is 6.58 Å². The van der Waals surface area contributed by atoms with Crippen molar-refractivity contribution in [2.45, 2.75) is 12.5 Å². The van der Waals surface area contributed by atoms with Gasteiger partial charge in [0.15, 0.2) is 0 Å². The van der Waals surface area contributed by atoms with Gasteiger partial charge in [0.2, 0.25) is 0 Å². The Morgan fingerprint density at radius 1 is 1.62 bits per heavy atom. The van der Waals surface area contributed by atoms with Gasteiger partial charge in [0, 0.05) is 16.6 Å². The van der Waals surface area contributed by atoms with Crippen molar-refractivity contribution in [2.75, 3.05) is 0 Å². The zero-order valence-electron chi connectivity index (χ0n) is 7.20. The van der Waals surface area contributed by atoms with Gasteiger partial charge in [-0.25, -0.2) is 0 Å². The maximum absolute atomic E-state index is 9.49. The minimum Gasteiger partial charge on any atom is -0.508 e. The van der Waals surface area contributed by atoms with Crippen molar-refractivity contribution in [3.63, 3.8) is 0 Å². The Bertz CT molecular complexity index is 312. The van der Waals surface area contributed by atoms with Crippen molar-refractivity contribution in [2.24, 2.45) is 5.73 Å². The van der Waals surface area contributed by atoms with E-state index in [1.807, 2.05) is 0 Å². The number of halogens is 1. The Balaban J connectivity index is 2.94. The fourth-order valence-electron chi connectivity index (χ4n) is 1.14. The maximum Gasteiger partial charge on any atom is 0.121 e. The molecule has 0 bridgehead atoms. The molecule has 1 rings (SSSR count). The van der Waals surface area contributed by atoms with Crippen LogP contribution in [0.5, 0.6) is 5.75 Å². The normalized spacial score (nSPS) is 12.5. The smallest absolute Gasteiger partial charge is 0.121 e. The summed E-state index contributed by atoms with van der Waals surface area (Å²) < 4.78 is 0. The Kier molecular flexibility index (Phi) is 3.34. The lowest BCUT2D eigenvalue weighted by Crippen LogP contribution is -2.08. The number of rotatable bonds is 3. The molecule has 0 aliphatic rings. The molecule has 13 heavy (non-hydrogen) atoms. The van der Waals surface area contributed by atoms with E-state index in [-0.39, 0.29) is 11.8 Å². The Hall–Kier alpha value is -0.990. The molecular weight excluding hydrogens is 186 g/mol. The second-order valence-electron chi connectivity index (χ2n) is 2.83. The van der Waals surface area contributed by atoms with Crippen molar-refractivity contribution < 1.29 is 5.11 Å². The van der Waals surface area contributed by atoms with E-state index >= 15 is 0 Å². The first kappa shape index (κ1) is 10.1. The molecule has 0 heterocycles. The summed E-state index contributed by atoms with van der Waals surface area (Å²) in [4.78, 5) is 0. The molecular formula is C10H12ClNO. The molecule has 0 spiro atoms. The van der Waals surface area contributed by atoms with Gasteiger partial charge < -0.3 is 10.8 Å². The molecule has 0 fully saturated rings. The molecule has 3 heteroatoms. The summed E-state index contributed by atoms with van der Waals surface area (Å²) in [5.41, 5.74) is 6.48. The van der Waals surface area contributed by atoms with Crippen LogP contribution in [-0.2, 0) is 0 Å². The van der Waals surface area contributed by atoms with Gasteiger partial charge in [0.1, 0.15) is 5.75 Å². The van der Waals surface area contributed by atoms with Gasteiger partial charge in [-0.2, -0.15) is 0 Å². The first-order valence-corrected chi connectivity index (χ1v) is 4.38. The molecule has 2 nitrogen and oxygen atoms in total. The molecule has 0 aliphatic carbocycles. The zero-order valence-corrected chi connectivity index (χ0v) is 7.96. The van der Waals surface area contributed by atoms with E-state index in [0.717, 1.165) is 0 Å². The zero-order chi connectivity index (χ0) is 9.84. The van der Waals surface area contributed by atoms with Crippen LogP contribution in [0, 0.1) is 0 Å². The molecule has 70 valence electrons. The summed E-state index contributed by atoms with van der Waals surface area (Å²) in [6.07, 6.45) is 2.36. The summed E-state index contributed by atoms with van der Waals surface area (Å²) in [6.45, 7) is 3.59. The van der Waals surface area contributed by atoms with Crippen LogP contribution in [0.25, 0.3) is 0 Å². The molecule has 0 aliphatic heterocycles. The molecule has 1 aromatic carbocycles. The molecule has 1 atom stereocenters. The number of phenolic OH excluding ortho intramolecular Hbond substituents is 1. The van der Waals surface area contributed by atoms with Crippen LogP contribution < -0.4 is 5.73 Å². The number of hydrogen-bond donors (Lipinski definition) is 2. The Morgan fingerprint density at radius 3 is 2.85 bits per heavy atom. The molecule has 0 saturated carbocycles. The average molecular weight is 198 g/mol. The van der Waals surface area contributed by atoms with Crippen LogP contribution in [0.2, 0.25) is 5.02 Å². The van der Waals surface area contributed by atoms with E-state index in [2.05, 4.69) is 6.58 Å². The highest BCUT2D eigenvalue weighted by Crippen LogP contribution is 2.27. The van der Waals surface area contributed by atoms with Crippen molar-refractivity contribution >= 4 is 11.6 Å². The Morgan fingerprint density at radius 2 is 2.31 bits per heavy atom. The highest BCUT2D eigenvalue weighted by atomic mass is 35.5. The van der Waals surface area contributed by atoms with Gasteiger partial charge in [0.25, 0.3) is 0 Å². The standard InChI is InChI=1S/C10H12ClNO/c1-2-3-9(12)8-5-4-7(11)6-10(8)13/h2,4-6,9,13H,1,3,12H2/t9-/m1/s1. The third-order valence-electron chi connectivity index (χ3n) is 1.81. The van der Waals surface area contributed by atoms with Crippen molar-refractivity contribution in [1.82, 2.24) is 0 Å². The highest BCUT2D eigenvalue weighted by molar-refractivity contribution is 6.30. The van der Waals surface area contributed by atoms with Gasteiger partial charge in [-0.05, 0) is 18.6 Å². The lowest BCUT2D eigenvalue weighted by molar-refractivity contribution is 0.462. The van der Waals surface area contributed by atoms with Crippen LogP contribution in [-0.4, -0.2) is 5.11 Å². The summed E-state index contributed by atoms with van der Waals surface area (Å²) >= 11 is 5.68. The average Bonchev–Trinajstić information content (AvgIpc) is 2.04. The SMILES string of the molecule is C=CC[C@@H](N)c1ccc(Cl)cc1O. The molecule has 0 amide bonds. The van der Waals surface area contributed by atoms with Crippen molar-refractivity contribution in [1.29, 1.82) is 0 Å². The third kappa shape index (κ3) is 2.47. The fourth-order valence-corrected chi connectivity index (χ4v) is 1.30. The first-order valence-electron chi connectivity index (χ1n) is 4.00. The van der Waals surface area contributed by atoms with Gasteiger partial charge in [0.05, 0.1) is 0 Å². The summed E-state index contributed by atoms with van der Waals surface area (Å²) in [6, 6.07) is 4.71. The Labute approximate surface area is 82.6 Å². The number of phenols is 1. The molecule has 0 saturated heterocycles. The number of benzene rings is 1. The second kappa shape index (κ2) is 4.30. The predicted molar refractivity (Wildman–Crippen MR) is 54.9 cm³/mol. The van der Waals surface area contributed by atoms with Crippen molar-refractivity contribution in [3.05, 3.63) is 41.4 Å². The molecule has 0 radical (unpaired) electrons. The number of nitrogens with two attached hydrogens (primary N) is 1. The lowest BCUT2D eigenvalue weighted by Gasteiger charge is -2.11. The minimum absolute atomic E-state index is 0.141. The van der Waals surface area contributed by atoms with Gasteiger partial charge >= 0.3 is 0 Å². The van der Waals surface area contributed by atoms with Crippen LogP contribution in [0.3, 0.4) is 0 Å². The van der Waals surface area contributed by atoms with E-state index in [0.29, 0.717) is 17.0 Å². The summed E-state index contributed by atoms with van der Waals surface area (Å²) in [7, 11) is 0. The van der Waals surface area contributed by atoms with E-state index in [1.165, 1.54) is 6.07 Å². The molecule has 3 N–H and O–H groups in total. The topological polar surface area (TPSA) is 46.2 Å². The quantitative estimate of drug-likeness (QED) is 0.732. The van der Waals surface area contributed by atoms with Crippen LogP contribution >= 0.6 is 11.6 Å². The summed E-state index contributed by atoms with van der Waals surface area (Å²) in [5.74, 6) is 0.141. The fraction of sp³-hybridized carbons (Fsp3) is 0.200. The van der Waals surface area contributed by atoms with Crippen molar-refractivity contribution in [3.8, 4) is 5.75 Å². The van der Waals surface area contributed by atoms with Gasteiger partial charge in [-0.1, -0.05) is 23.7 Å². The summed E-state index contributed by atoms with van der Waals surface area (Å²) in [5, 5.41) is 10.00. The maximum atomic E-state index is 9.49. The van der Waals surface area contributed by atoms with Crippen LogP contribution in [0.15, 0.2) is 30.9 Å².